The molecule has 0 heterocycles. The van der Waals surface area contributed by atoms with Crippen LogP contribution in [0, 0.1) is 16.7 Å². The molecular weight excluding hydrogens is 336 g/mol. The van der Waals surface area contributed by atoms with Crippen molar-refractivity contribution in [3.8, 4) is 0 Å². The molecule has 4 fully saturated rings. The average molecular weight is 366 g/mol. The van der Waals surface area contributed by atoms with Crippen LogP contribution in [0.2, 0.25) is 0 Å². The molecular formula is C20H30O6. The molecule has 0 aliphatic heterocycles. The Morgan fingerprint density at radius 2 is 1.88 bits per heavy atom. The molecule has 0 aromatic carbocycles. The Hall–Kier alpha value is -1.40. The van der Waals surface area contributed by atoms with Crippen molar-refractivity contribution in [3.63, 3.8) is 0 Å². The minimum atomic E-state index is -1.05. The van der Waals surface area contributed by atoms with E-state index in [2.05, 4.69) is 6.92 Å². The van der Waals surface area contributed by atoms with E-state index in [4.69, 9.17) is 9.47 Å². The Kier molecular flexibility index (Phi) is 5.19. The largest absolute Gasteiger partial charge is 0.462 e. The Bertz CT molecular complexity index is 601. The summed E-state index contributed by atoms with van der Waals surface area (Å²) in [5.74, 6) is -0.488. The van der Waals surface area contributed by atoms with Gasteiger partial charge in [0, 0.05) is 6.08 Å². The maximum atomic E-state index is 12.9. The van der Waals surface area contributed by atoms with E-state index in [9.17, 15) is 19.8 Å². The minimum absolute atomic E-state index is 0.0355. The number of hydrogen-bond donors (Lipinski definition) is 2. The Labute approximate surface area is 154 Å². The minimum Gasteiger partial charge on any atom is -0.462 e. The first-order chi connectivity index (χ1) is 12.2. The highest BCUT2D eigenvalue weighted by atomic mass is 16.6. The molecule has 4 rings (SSSR count). The fourth-order valence-corrected chi connectivity index (χ4v) is 5.94. The lowest BCUT2D eigenvalue weighted by atomic mass is 9.42. The van der Waals surface area contributed by atoms with Gasteiger partial charge in [-0.05, 0) is 56.8 Å². The normalized spacial score (nSPS) is 39.2. The highest BCUT2D eigenvalue weighted by molar-refractivity contribution is 5.81. The van der Waals surface area contributed by atoms with Gasteiger partial charge in [0.05, 0.1) is 11.0 Å². The molecule has 6 heteroatoms. The summed E-state index contributed by atoms with van der Waals surface area (Å²) in [5.41, 5.74) is -1.35. The second kappa shape index (κ2) is 6.97. The van der Waals surface area contributed by atoms with Gasteiger partial charge in [0.25, 0.3) is 0 Å². The van der Waals surface area contributed by atoms with Gasteiger partial charge >= 0.3 is 11.9 Å². The smallest absolute Gasteiger partial charge is 0.330 e. The van der Waals surface area contributed by atoms with E-state index in [1.54, 1.807) is 13.0 Å². The molecule has 0 aromatic rings. The number of rotatable bonds is 7. The second-order valence-electron chi connectivity index (χ2n) is 8.75. The highest BCUT2D eigenvalue weighted by Crippen LogP contribution is 2.67. The zero-order valence-electron chi connectivity index (χ0n) is 15.7. The van der Waals surface area contributed by atoms with Crippen LogP contribution in [0.3, 0.4) is 0 Å². The van der Waals surface area contributed by atoms with Crippen LogP contribution in [0.4, 0.5) is 0 Å². The molecule has 0 amide bonds. The van der Waals surface area contributed by atoms with Crippen LogP contribution >= 0.6 is 0 Å². The molecule has 6 nitrogen and oxygen atoms in total. The van der Waals surface area contributed by atoms with Gasteiger partial charge in [-0.25, -0.2) is 4.79 Å². The number of aliphatic hydroxyl groups excluding tert-OH is 1. The van der Waals surface area contributed by atoms with Crippen molar-refractivity contribution in [3.05, 3.63) is 12.2 Å². The van der Waals surface area contributed by atoms with Crippen LogP contribution in [0.15, 0.2) is 12.2 Å². The molecule has 4 bridgehead atoms. The summed E-state index contributed by atoms with van der Waals surface area (Å²) in [4.78, 5) is 24.1. The summed E-state index contributed by atoms with van der Waals surface area (Å²) >= 11 is 0. The second-order valence-corrected chi connectivity index (χ2v) is 8.75. The van der Waals surface area contributed by atoms with Gasteiger partial charge in [0.15, 0.2) is 0 Å². The van der Waals surface area contributed by atoms with E-state index in [0.717, 1.165) is 38.5 Å². The predicted octanol–water partition coefficient (Wildman–Crippen LogP) is 2.12. The van der Waals surface area contributed by atoms with Crippen molar-refractivity contribution in [2.75, 3.05) is 13.2 Å². The van der Waals surface area contributed by atoms with Gasteiger partial charge in [-0.15, -0.1) is 0 Å². The van der Waals surface area contributed by atoms with Crippen molar-refractivity contribution in [2.45, 2.75) is 70.5 Å². The summed E-state index contributed by atoms with van der Waals surface area (Å²) < 4.78 is 10.3. The molecule has 2 N–H and O–H groups in total. The van der Waals surface area contributed by atoms with Crippen LogP contribution in [0.25, 0.3) is 0 Å². The highest BCUT2D eigenvalue weighted by Gasteiger charge is 2.65. The van der Waals surface area contributed by atoms with Crippen molar-refractivity contribution >= 4 is 11.9 Å². The van der Waals surface area contributed by atoms with Crippen molar-refractivity contribution in [2.24, 2.45) is 16.7 Å². The molecule has 5 unspecified atom stereocenters. The van der Waals surface area contributed by atoms with Gasteiger partial charge < -0.3 is 19.7 Å². The number of esters is 2. The Morgan fingerprint density at radius 3 is 2.54 bits per heavy atom. The van der Waals surface area contributed by atoms with Crippen LogP contribution in [0.5, 0.6) is 0 Å². The predicted molar refractivity (Wildman–Crippen MR) is 94.0 cm³/mol. The monoisotopic (exact) mass is 366 g/mol. The van der Waals surface area contributed by atoms with Crippen LogP contribution in [-0.4, -0.2) is 47.1 Å². The summed E-state index contributed by atoms with van der Waals surface area (Å²) in [5, 5.41) is 20.9. The first-order valence-corrected chi connectivity index (χ1v) is 9.61. The molecule has 5 atom stereocenters. The van der Waals surface area contributed by atoms with Gasteiger partial charge in [-0.2, -0.15) is 0 Å². The Morgan fingerprint density at radius 1 is 1.15 bits per heavy atom. The zero-order chi connectivity index (χ0) is 19.0. The van der Waals surface area contributed by atoms with Gasteiger partial charge in [-0.3, -0.25) is 4.79 Å². The summed E-state index contributed by atoms with van der Waals surface area (Å²) in [6.45, 7) is 3.42. The van der Waals surface area contributed by atoms with Crippen molar-refractivity contribution in [1.29, 1.82) is 0 Å². The number of aliphatic hydroxyl groups is 2. The Balaban J connectivity index is 1.58. The fourth-order valence-electron chi connectivity index (χ4n) is 5.94. The van der Waals surface area contributed by atoms with Gasteiger partial charge in [0.1, 0.15) is 19.3 Å². The van der Waals surface area contributed by atoms with E-state index in [1.165, 1.54) is 6.08 Å². The van der Waals surface area contributed by atoms with E-state index in [-0.39, 0.29) is 24.6 Å². The number of carbonyl (C=O) groups is 2. The molecule has 0 saturated heterocycles. The van der Waals surface area contributed by atoms with Crippen molar-refractivity contribution in [1.82, 2.24) is 0 Å². The quantitative estimate of drug-likeness (QED) is 0.530. The standard InChI is InChI=1S/C20H30O6/c1-3-5-16(22)25-9-15(21)10-26-17(23)19-7-14-6-18(4-2,11-19)12-20(24,8-14)13-19/h3,5,14-15,21,24H,4,6-13H2,1-2H3. The maximum absolute atomic E-state index is 12.9. The molecule has 0 spiro atoms. The lowest BCUT2D eigenvalue weighted by Crippen LogP contribution is -2.62. The summed E-state index contributed by atoms with van der Waals surface area (Å²) in [7, 11) is 0. The lowest BCUT2D eigenvalue weighted by molar-refractivity contribution is -0.218. The van der Waals surface area contributed by atoms with Gasteiger partial charge in [-0.1, -0.05) is 19.4 Å². The molecule has 26 heavy (non-hydrogen) atoms. The summed E-state index contributed by atoms with van der Waals surface area (Å²) in [6.07, 6.45) is 7.37. The zero-order valence-corrected chi connectivity index (χ0v) is 15.7. The lowest BCUT2D eigenvalue weighted by Gasteiger charge is -2.63. The third kappa shape index (κ3) is 3.67. The number of carbonyl (C=O) groups excluding carboxylic acids is 2. The molecule has 4 aliphatic rings. The summed E-state index contributed by atoms with van der Waals surface area (Å²) in [6, 6.07) is 0. The van der Waals surface area contributed by atoms with E-state index >= 15 is 0 Å². The third-order valence-electron chi connectivity index (χ3n) is 6.47. The molecule has 4 aliphatic carbocycles. The topological polar surface area (TPSA) is 93.1 Å². The average Bonchev–Trinajstić information content (AvgIpc) is 2.56. The fraction of sp³-hybridized carbons (Fsp3) is 0.800. The van der Waals surface area contributed by atoms with E-state index < -0.39 is 23.1 Å². The molecule has 4 saturated carbocycles. The number of ether oxygens (including phenoxy) is 2. The van der Waals surface area contributed by atoms with Crippen LogP contribution < -0.4 is 0 Å². The van der Waals surface area contributed by atoms with E-state index in [0.29, 0.717) is 12.3 Å². The maximum Gasteiger partial charge on any atom is 0.330 e. The van der Waals surface area contributed by atoms with Gasteiger partial charge in [0.2, 0.25) is 0 Å². The van der Waals surface area contributed by atoms with Crippen molar-refractivity contribution < 1.29 is 29.3 Å². The molecule has 146 valence electrons. The number of hydrogen-bond acceptors (Lipinski definition) is 6. The van der Waals surface area contributed by atoms with Crippen LogP contribution in [0.1, 0.15) is 58.8 Å². The van der Waals surface area contributed by atoms with E-state index in [1.807, 2.05) is 0 Å². The third-order valence-corrected chi connectivity index (χ3v) is 6.47. The molecule has 0 aromatic heterocycles. The first-order valence-electron chi connectivity index (χ1n) is 9.61. The first kappa shape index (κ1) is 19.4. The van der Waals surface area contributed by atoms with Crippen LogP contribution in [-0.2, 0) is 19.1 Å². The SMILES string of the molecule is CC=CC(=O)OCC(O)COC(=O)C12CC3CC(O)(CC(CC)(C3)C1)C2. The number of allylic oxidation sites excluding steroid dienone is 1. The molecule has 0 radical (unpaired) electrons.